The molecule has 1 atom stereocenters. The Kier molecular flexibility index (Phi) is 4.58. The van der Waals surface area contributed by atoms with Gasteiger partial charge in [0.15, 0.2) is 5.82 Å². The van der Waals surface area contributed by atoms with Crippen LogP contribution in [0.25, 0.3) is 0 Å². The molecule has 116 valence electrons. The van der Waals surface area contributed by atoms with E-state index in [2.05, 4.69) is 9.97 Å². The molecule has 6 heteroatoms. The highest BCUT2D eigenvalue weighted by molar-refractivity contribution is 5.76. The quantitative estimate of drug-likeness (QED) is 0.914. The third kappa shape index (κ3) is 2.91. The van der Waals surface area contributed by atoms with Crippen molar-refractivity contribution >= 4 is 5.97 Å². The molecule has 0 saturated carbocycles. The number of hydrogen-bond donors (Lipinski definition) is 1. The van der Waals surface area contributed by atoms with E-state index in [1.54, 1.807) is 14.0 Å². The molecule has 1 aliphatic heterocycles. The molecule has 1 saturated heterocycles. The molecule has 1 N–H and O–H groups in total. The van der Waals surface area contributed by atoms with Gasteiger partial charge in [0.05, 0.1) is 5.92 Å². The van der Waals surface area contributed by atoms with Crippen molar-refractivity contribution in [2.45, 2.75) is 45.1 Å². The second-order valence-electron chi connectivity index (χ2n) is 5.50. The van der Waals surface area contributed by atoms with Gasteiger partial charge in [-0.25, -0.2) is 9.97 Å². The number of aliphatic carboxylic acids is 1. The highest BCUT2D eigenvalue weighted by atomic mass is 16.5. The Labute approximate surface area is 124 Å². The van der Waals surface area contributed by atoms with Crippen LogP contribution in [0.3, 0.4) is 0 Å². The van der Waals surface area contributed by atoms with Gasteiger partial charge in [-0.1, -0.05) is 0 Å². The number of methoxy groups -OCH3 is 1. The van der Waals surface area contributed by atoms with E-state index >= 15 is 0 Å². The minimum absolute atomic E-state index is 0.529. The first-order chi connectivity index (χ1) is 9.91. The van der Waals surface area contributed by atoms with E-state index < -0.39 is 17.5 Å². The fourth-order valence-corrected chi connectivity index (χ4v) is 2.90. The number of aromatic nitrogens is 2. The highest BCUT2D eigenvalue weighted by Gasteiger charge is 2.38. The first-order valence-electron chi connectivity index (χ1n) is 7.12. The summed E-state index contributed by atoms with van der Waals surface area (Å²) in [7, 11) is 1.66. The topological polar surface area (TPSA) is 81.5 Å². The van der Waals surface area contributed by atoms with Gasteiger partial charge in [0, 0.05) is 50.1 Å². The van der Waals surface area contributed by atoms with Crippen LogP contribution in [0.1, 0.15) is 48.5 Å². The predicted octanol–water partition coefficient (Wildman–Crippen LogP) is 1.93. The van der Waals surface area contributed by atoms with Crippen LogP contribution in [0.5, 0.6) is 0 Å². The van der Waals surface area contributed by atoms with E-state index in [1.807, 2.05) is 13.8 Å². The summed E-state index contributed by atoms with van der Waals surface area (Å²) in [6.07, 6.45) is 1.41. The summed E-state index contributed by atoms with van der Waals surface area (Å²) >= 11 is 0. The molecule has 0 bridgehead atoms. The summed E-state index contributed by atoms with van der Waals surface area (Å²) in [6.45, 7) is 6.54. The molecule has 0 amide bonds. The zero-order valence-corrected chi connectivity index (χ0v) is 13.0. The lowest BCUT2D eigenvalue weighted by atomic mass is 9.91. The fourth-order valence-electron chi connectivity index (χ4n) is 2.90. The van der Waals surface area contributed by atoms with Gasteiger partial charge < -0.3 is 14.6 Å². The van der Waals surface area contributed by atoms with Crippen LogP contribution in [-0.4, -0.2) is 41.4 Å². The standard InChI is InChI=1S/C15H22N2O4/c1-9(13(18)19)12-10(2)16-14(17-11(12)3)15(20-4)5-7-21-8-6-15/h9H,5-8H2,1-4H3,(H,18,19). The molecule has 0 aliphatic carbocycles. The summed E-state index contributed by atoms with van der Waals surface area (Å²) in [4.78, 5) is 20.3. The Morgan fingerprint density at radius 3 is 2.24 bits per heavy atom. The first kappa shape index (κ1) is 15.9. The van der Waals surface area contributed by atoms with Crippen LogP contribution in [0.2, 0.25) is 0 Å². The number of ether oxygens (including phenoxy) is 2. The van der Waals surface area contributed by atoms with E-state index in [1.165, 1.54) is 0 Å². The van der Waals surface area contributed by atoms with Crippen LogP contribution < -0.4 is 0 Å². The lowest BCUT2D eigenvalue weighted by molar-refractivity contribution is -0.138. The van der Waals surface area contributed by atoms with Crippen molar-refractivity contribution < 1.29 is 19.4 Å². The van der Waals surface area contributed by atoms with E-state index in [0.29, 0.717) is 48.8 Å². The molecule has 0 radical (unpaired) electrons. The number of aryl methyl sites for hydroxylation is 2. The van der Waals surface area contributed by atoms with Gasteiger partial charge in [-0.2, -0.15) is 0 Å². The Morgan fingerprint density at radius 2 is 1.81 bits per heavy atom. The molecule has 6 nitrogen and oxygen atoms in total. The van der Waals surface area contributed by atoms with Crippen LogP contribution in [0.4, 0.5) is 0 Å². The normalized spacial score (nSPS) is 19.2. The van der Waals surface area contributed by atoms with E-state index in [9.17, 15) is 9.90 Å². The van der Waals surface area contributed by atoms with Gasteiger partial charge in [0.25, 0.3) is 0 Å². The minimum Gasteiger partial charge on any atom is -0.481 e. The van der Waals surface area contributed by atoms with Crippen LogP contribution >= 0.6 is 0 Å². The van der Waals surface area contributed by atoms with Crippen molar-refractivity contribution in [2.24, 2.45) is 0 Å². The number of carboxylic acid groups (broad SMARTS) is 1. The van der Waals surface area contributed by atoms with Gasteiger partial charge in [0.1, 0.15) is 5.60 Å². The van der Waals surface area contributed by atoms with Crippen LogP contribution in [0.15, 0.2) is 0 Å². The number of carbonyl (C=O) groups is 1. The van der Waals surface area contributed by atoms with Crippen molar-refractivity contribution in [3.05, 3.63) is 22.8 Å². The van der Waals surface area contributed by atoms with Crippen LogP contribution in [-0.2, 0) is 19.9 Å². The average Bonchev–Trinajstić information content (AvgIpc) is 2.46. The number of rotatable bonds is 4. The zero-order valence-electron chi connectivity index (χ0n) is 13.0. The summed E-state index contributed by atoms with van der Waals surface area (Å²) < 4.78 is 11.1. The molecule has 1 fully saturated rings. The molecule has 1 aromatic heterocycles. The van der Waals surface area contributed by atoms with Crippen molar-refractivity contribution in [1.29, 1.82) is 0 Å². The number of nitrogens with zero attached hydrogens (tertiary/aromatic N) is 2. The maximum atomic E-state index is 11.2. The Bertz CT molecular complexity index is 515. The average molecular weight is 294 g/mol. The molecule has 1 aromatic rings. The number of carboxylic acids is 1. The smallest absolute Gasteiger partial charge is 0.310 e. The lowest BCUT2D eigenvalue weighted by Gasteiger charge is -2.35. The van der Waals surface area contributed by atoms with Gasteiger partial charge in [-0.15, -0.1) is 0 Å². The predicted molar refractivity (Wildman–Crippen MR) is 76.3 cm³/mol. The minimum atomic E-state index is -0.870. The van der Waals surface area contributed by atoms with Crippen molar-refractivity contribution in [3.8, 4) is 0 Å². The number of hydrogen-bond acceptors (Lipinski definition) is 5. The Balaban J connectivity index is 2.46. The summed E-state index contributed by atoms with van der Waals surface area (Å²) in [6, 6.07) is 0. The molecule has 2 heterocycles. The molecule has 21 heavy (non-hydrogen) atoms. The zero-order chi connectivity index (χ0) is 15.6. The third-order valence-corrected chi connectivity index (χ3v) is 4.23. The van der Waals surface area contributed by atoms with Gasteiger partial charge in [-0.3, -0.25) is 4.79 Å². The van der Waals surface area contributed by atoms with Crippen molar-refractivity contribution in [1.82, 2.24) is 9.97 Å². The van der Waals surface area contributed by atoms with E-state index in [0.717, 1.165) is 0 Å². The molecule has 0 spiro atoms. The molecule has 1 aliphatic rings. The van der Waals surface area contributed by atoms with Crippen LogP contribution in [0, 0.1) is 13.8 Å². The molecule has 0 aromatic carbocycles. The van der Waals surface area contributed by atoms with Crippen molar-refractivity contribution in [2.75, 3.05) is 20.3 Å². The maximum absolute atomic E-state index is 11.2. The molecular formula is C15H22N2O4. The van der Waals surface area contributed by atoms with Crippen molar-refractivity contribution in [3.63, 3.8) is 0 Å². The largest absolute Gasteiger partial charge is 0.481 e. The monoisotopic (exact) mass is 294 g/mol. The second kappa shape index (κ2) is 6.07. The van der Waals surface area contributed by atoms with Gasteiger partial charge >= 0.3 is 5.97 Å². The molecule has 1 unspecified atom stereocenters. The molecule has 2 rings (SSSR count). The summed E-state index contributed by atoms with van der Waals surface area (Å²) in [5, 5.41) is 9.20. The maximum Gasteiger partial charge on any atom is 0.310 e. The Morgan fingerprint density at radius 1 is 1.29 bits per heavy atom. The van der Waals surface area contributed by atoms with Gasteiger partial charge in [-0.05, 0) is 20.8 Å². The SMILES string of the molecule is COC1(c2nc(C)c(C(C)C(=O)O)c(C)n2)CCOCC1. The lowest BCUT2D eigenvalue weighted by Crippen LogP contribution is -2.38. The highest BCUT2D eigenvalue weighted by Crippen LogP contribution is 2.34. The van der Waals surface area contributed by atoms with E-state index in [4.69, 9.17) is 9.47 Å². The first-order valence-corrected chi connectivity index (χ1v) is 7.12. The molecular weight excluding hydrogens is 272 g/mol. The third-order valence-electron chi connectivity index (χ3n) is 4.23. The summed E-state index contributed by atoms with van der Waals surface area (Å²) in [5.41, 5.74) is 1.56. The second-order valence-corrected chi connectivity index (χ2v) is 5.50. The Hall–Kier alpha value is -1.53. The fraction of sp³-hybridized carbons (Fsp3) is 0.667. The summed E-state index contributed by atoms with van der Waals surface area (Å²) in [5.74, 6) is -0.859. The van der Waals surface area contributed by atoms with E-state index in [-0.39, 0.29) is 0 Å². The van der Waals surface area contributed by atoms with Gasteiger partial charge in [0.2, 0.25) is 0 Å².